The molecule has 2 N–H and O–H groups in total. The molecule has 0 saturated heterocycles. The molecule has 1 saturated carbocycles. The number of hydrogen-bond acceptors (Lipinski definition) is 2. The fourth-order valence-electron chi connectivity index (χ4n) is 1.89. The smallest absolute Gasteiger partial charge is 0.0628 e. The number of aromatic nitrogens is 1. The van der Waals surface area contributed by atoms with Crippen LogP contribution in [-0.2, 0) is 13.1 Å². The highest BCUT2D eigenvalue weighted by Gasteiger charge is 2.42. The number of nitrogens with two attached hydrogens (primary N) is 1. The van der Waals surface area contributed by atoms with Crippen molar-refractivity contribution in [2.75, 3.05) is 0 Å². The van der Waals surface area contributed by atoms with Crippen LogP contribution in [0.25, 0.3) is 0 Å². The van der Waals surface area contributed by atoms with Crippen LogP contribution in [0.5, 0.6) is 0 Å². The highest BCUT2D eigenvalue weighted by atomic mass is 15.0. The average molecular weight is 189 g/mol. The van der Waals surface area contributed by atoms with E-state index in [2.05, 4.69) is 16.8 Å². The first-order chi connectivity index (χ1) is 6.79. The van der Waals surface area contributed by atoms with E-state index in [-0.39, 0.29) is 5.41 Å². The second kappa shape index (κ2) is 3.47. The Morgan fingerprint density at radius 3 is 2.93 bits per heavy atom. The van der Waals surface area contributed by atoms with Crippen LogP contribution in [0.3, 0.4) is 0 Å². The van der Waals surface area contributed by atoms with E-state index in [0.717, 1.165) is 12.2 Å². The summed E-state index contributed by atoms with van der Waals surface area (Å²) >= 11 is 0. The first-order valence-corrected chi connectivity index (χ1v) is 5.01. The lowest BCUT2D eigenvalue weighted by atomic mass is 10.0. The van der Waals surface area contributed by atoms with Crippen LogP contribution >= 0.6 is 0 Å². The second-order valence-corrected chi connectivity index (χ2v) is 4.17. The summed E-state index contributed by atoms with van der Waals surface area (Å²) < 4.78 is 2.18. The van der Waals surface area contributed by atoms with Gasteiger partial charge >= 0.3 is 0 Å². The van der Waals surface area contributed by atoms with E-state index in [0.29, 0.717) is 13.0 Å². The predicted octanol–water partition coefficient (Wildman–Crippen LogP) is 1.64. The molecule has 1 fully saturated rings. The van der Waals surface area contributed by atoms with E-state index in [9.17, 15) is 0 Å². The maximum Gasteiger partial charge on any atom is 0.0628 e. The number of hydrogen-bond donors (Lipinski definition) is 1. The van der Waals surface area contributed by atoms with E-state index < -0.39 is 0 Å². The van der Waals surface area contributed by atoms with Crippen molar-refractivity contribution < 1.29 is 0 Å². The zero-order valence-electron chi connectivity index (χ0n) is 8.24. The molecular formula is C11H15N3. The van der Waals surface area contributed by atoms with Crippen LogP contribution in [0.1, 0.15) is 25.0 Å². The van der Waals surface area contributed by atoms with Crippen molar-refractivity contribution in [2.45, 2.75) is 32.4 Å². The summed E-state index contributed by atoms with van der Waals surface area (Å²) in [5, 5.41) is 8.71. The van der Waals surface area contributed by atoms with Crippen LogP contribution in [0.4, 0.5) is 0 Å². The van der Waals surface area contributed by atoms with Gasteiger partial charge in [0.1, 0.15) is 0 Å². The minimum atomic E-state index is 0.262. The molecule has 0 aliphatic heterocycles. The molecule has 1 aliphatic carbocycles. The standard InChI is InChI=1S/C11H15N3/c12-6-5-11(3-4-11)9-14-7-1-2-10(14)8-13/h1-2,7H,3-5,8-9,13H2. The van der Waals surface area contributed by atoms with Gasteiger partial charge in [0.25, 0.3) is 0 Å². The van der Waals surface area contributed by atoms with Crippen molar-refractivity contribution >= 4 is 0 Å². The molecular weight excluding hydrogens is 174 g/mol. The van der Waals surface area contributed by atoms with Crippen LogP contribution < -0.4 is 5.73 Å². The Labute approximate surface area is 84.1 Å². The van der Waals surface area contributed by atoms with Crippen molar-refractivity contribution in [3.8, 4) is 6.07 Å². The largest absolute Gasteiger partial charge is 0.350 e. The number of rotatable bonds is 4. The first-order valence-electron chi connectivity index (χ1n) is 5.01. The number of nitriles is 1. The maximum absolute atomic E-state index is 8.71. The SMILES string of the molecule is N#CCC1(Cn2cccc2CN)CC1. The minimum absolute atomic E-state index is 0.262. The Bertz CT molecular complexity index is 355. The van der Waals surface area contributed by atoms with Gasteiger partial charge in [0.15, 0.2) is 0 Å². The molecule has 1 aromatic rings. The molecule has 1 aromatic heterocycles. The van der Waals surface area contributed by atoms with E-state index >= 15 is 0 Å². The third kappa shape index (κ3) is 1.66. The molecule has 0 spiro atoms. The third-order valence-electron chi connectivity index (χ3n) is 3.05. The summed E-state index contributed by atoms with van der Waals surface area (Å²) in [6.07, 6.45) is 5.10. The monoisotopic (exact) mass is 189 g/mol. The molecule has 14 heavy (non-hydrogen) atoms. The molecule has 3 nitrogen and oxygen atoms in total. The van der Waals surface area contributed by atoms with Gasteiger partial charge in [-0.25, -0.2) is 0 Å². The van der Waals surface area contributed by atoms with Gasteiger partial charge in [-0.15, -0.1) is 0 Å². The topological polar surface area (TPSA) is 54.7 Å². The van der Waals surface area contributed by atoms with Crippen LogP contribution in [-0.4, -0.2) is 4.57 Å². The molecule has 0 amide bonds. The van der Waals surface area contributed by atoms with E-state index in [1.54, 1.807) is 0 Å². The van der Waals surface area contributed by atoms with Gasteiger partial charge in [0, 0.05) is 36.8 Å². The zero-order valence-corrected chi connectivity index (χ0v) is 8.24. The van der Waals surface area contributed by atoms with Gasteiger partial charge in [0.2, 0.25) is 0 Å². The predicted molar refractivity (Wildman–Crippen MR) is 54.2 cm³/mol. The van der Waals surface area contributed by atoms with Gasteiger partial charge in [0.05, 0.1) is 6.07 Å². The molecule has 3 heteroatoms. The lowest BCUT2D eigenvalue weighted by molar-refractivity contribution is 0.424. The quantitative estimate of drug-likeness (QED) is 0.782. The van der Waals surface area contributed by atoms with Crippen LogP contribution in [0.15, 0.2) is 18.3 Å². The summed E-state index contributed by atoms with van der Waals surface area (Å²) in [4.78, 5) is 0. The van der Waals surface area contributed by atoms with Gasteiger partial charge in [-0.2, -0.15) is 5.26 Å². The lowest BCUT2D eigenvalue weighted by Crippen LogP contribution is -2.14. The normalized spacial score (nSPS) is 17.7. The Balaban J connectivity index is 2.08. The molecule has 2 rings (SSSR count). The minimum Gasteiger partial charge on any atom is -0.350 e. The summed E-state index contributed by atoms with van der Waals surface area (Å²) in [5.74, 6) is 0. The Kier molecular flexibility index (Phi) is 2.30. The average Bonchev–Trinajstić information content (AvgIpc) is 2.79. The molecule has 0 atom stereocenters. The summed E-state index contributed by atoms with van der Waals surface area (Å²) in [6.45, 7) is 1.54. The molecule has 74 valence electrons. The molecule has 1 aliphatic rings. The summed E-state index contributed by atoms with van der Waals surface area (Å²) in [5.41, 5.74) is 7.05. The van der Waals surface area contributed by atoms with Crippen molar-refractivity contribution in [2.24, 2.45) is 11.1 Å². The van der Waals surface area contributed by atoms with E-state index in [1.165, 1.54) is 12.8 Å². The van der Waals surface area contributed by atoms with E-state index in [4.69, 9.17) is 11.0 Å². The fourth-order valence-corrected chi connectivity index (χ4v) is 1.89. The lowest BCUT2D eigenvalue weighted by Gasteiger charge is -2.14. The van der Waals surface area contributed by atoms with Crippen molar-refractivity contribution in [1.82, 2.24) is 4.57 Å². The zero-order chi connectivity index (χ0) is 10.0. The van der Waals surface area contributed by atoms with Crippen molar-refractivity contribution in [3.05, 3.63) is 24.0 Å². The Morgan fingerprint density at radius 2 is 2.36 bits per heavy atom. The van der Waals surface area contributed by atoms with Crippen molar-refractivity contribution in [3.63, 3.8) is 0 Å². The van der Waals surface area contributed by atoms with Crippen LogP contribution in [0, 0.1) is 16.7 Å². The first kappa shape index (κ1) is 9.29. The van der Waals surface area contributed by atoms with Gasteiger partial charge in [-0.05, 0) is 25.0 Å². The molecule has 0 unspecified atom stereocenters. The summed E-state index contributed by atoms with van der Waals surface area (Å²) in [6, 6.07) is 6.34. The highest BCUT2D eigenvalue weighted by Crippen LogP contribution is 2.50. The molecule has 1 heterocycles. The van der Waals surface area contributed by atoms with Crippen molar-refractivity contribution in [1.29, 1.82) is 5.26 Å². The second-order valence-electron chi connectivity index (χ2n) is 4.17. The Morgan fingerprint density at radius 1 is 1.57 bits per heavy atom. The molecule has 0 radical (unpaired) electrons. The maximum atomic E-state index is 8.71. The summed E-state index contributed by atoms with van der Waals surface area (Å²) in [7, 11) is 0. The molecule has 0 aromatic carbocycles. The van der Waals surface area contributed by atoms with Gasteiger partial charge in [-0.1, -0.05) is 0 Å². The highest BCUT2D eigenvalue weighted by molar-refractivity contribution is 5.09. The van der Waals surface area contributed by atoms with Gasteiger partial charge < -0.3 is 10.3 Å². The number of nitrogens with zero attached hydrogens (tertiary/aromatic N) is 2. The Hall–Kier alpha value is -1.27. The van der Waals surface area contributed by atoms with E-state index in [1.807, 2.05) is 12.1 Å². The third-order valence-corrected chi connectivity index (χ3v) is 3.05. The van der Waals surface area contributed by atoms with Crippen LogP contribution in [0.2, 0.25) is 0 Å². The molecule has 0 bridgehead atoms. The fraction of sp³-hybridized carbons (Fsp3) is 0.545. The van der Waals surface area contributed by atoms with Gasteiger partial charge in [-0.3, -0.25) is 0 Å².